The third kappa shape index (κ3) is 5.03. The van der Waals surface area contributed by atoms with Crippen molar-refractivity contribution in [3.8, 4) is 5.75 Å². The van der Waals surface area contributed by atoms with Crippen molar-refractivity contribution in [2.45, 2.75) is 51.2 Å². The van der Waals surface area contributed by atoms with Gasteiger partial charge in [-0.2, -0.15) is 0 Å². The van der Waals surface area contributed by atoms with Crippen LogP contribution in [0.1, 0.15) is 36.9 Å². The van der Waals surface area contributed by atoms with Crippen LogP contribution in [0.5, 0.6) is 5.75 Å². The largest absolute Gasteiger partial charge is 0.488 e. The van der Waals surface area contributed by atoms with Gasteiger partial charge in [-0.3, -0.25) is 9.78 Å². The third-order valence-corrected chi connectivity index (χ3v) is 4.43. The van der Waals surface area contributed by atoms with Crippen LogP contribution in [0.15, 0.2) is 42.6 Å². The topological polar surface area (TPSA) is 71.5 Å². The number of aliphatic hydroxyl groups is 1. The van der Waals surface area contributed by atoms with E-state index < -0.39 is 6.10 Å². The van der Waals surface area contributed by atoms with Crippen molar-refractivity contribution in [1.29, 1.82) is 0 Å². The van der Waals surface area contributed by atoms with Crippen LogP contribution in [0.25, 0.3) is 0 Å². The van der Waals surface area contributed by atoms with Gasteiger partial charge in [0.15, 0.2) is 0 Å². The molecule has 5 heteroatoms. The molecule has 5 nitrogen and oxygen atoms in total. The first-order valence-corrected chi connectivity index (χ1v) is 8.76. The summed E-state index contributed by atoms with van der Waals surface area (Å²) >= 11 is 0. The van der Waals surface area contributed by atoms with E-state index >= 15 is 0 Å². The van der Waals surface area contributed by atoms with E-state index in [9.17, 15) is 9.90 Å². The summed E-state index contributed by atoms with van der Waals surface area (Å²) in [4.78, 5) is 16.3. The molecular formula is C20H24N2O3. The van der Waals surface area contributed by atoms with Gasteiger partial charge in [0.2, 0.25) is 5.91 Å². The zero-order chi connectivity index (χ0) is 17.6. The van der Waals surface area contributed by atoms with E-state index in [0.717, 1.165) is 42.6 Å². The highest BCUT2D eigenvalue weighted by Crippen LogP contribution is 2.25. The molecule has 0 aliphatic heterocycles. The Morgan fingerprint density at radius 1 is 1.20 bits per heavy atom. The highest BCUT2D eigenvalue weighted by molar-refractivity contribution is 5.92. The zero-order valence-corrected chi connectivity index (χ0v) is 14.4. The number of hydrogen-bond donors (Lipinski definition) is 2. The molecule has 2 atom stereocenters. The number of aryl methyl sites for hydroxylation is 1. The first-order chi connectivity index (χ1) is 12.1. The number of carbonyl (C=O) groups excluding carboxylic acids is 1. The summed E-state index contributed by atoms with van der Waals surface area (Å²) in [6.07, 6.45) is 5.31. The van der Waals surface area contributed by atoms with Crippen LogP contribution in [0.2, 0.25) is 0 Å². The number of ether oxygens (including phenoxy) is 1. The Balaban J connectivity index is 1.53. The molecule has 2 aromatic rings. The second kappa shape index (κ2) is 8.12. The minimum atomic E-state index is -0.392. The summed E-state index contributed by atoms with van der Waals surface area (Å²) in [7, 11) is 0. The van der Waals surface area contributed by atoms with E-state index in [1.165, 1.54) is 0 Å². The predicted molar refractivity (Wildman–Crippen MR) is 96.6 cm³/mol. The van der Waals surface area contributed by atoms with Crippen LogP contribution >= 0.6 is 0 Å². The lowest BCUT2D eigenvalue weighted by Crippen LogP contribution is -2.34. The Labute approximate surface area is 148 Å². The van der Waals surface area contributed by atoms with Crippen molar-refractivity contribution in [2.24, 2.45) is 0 Å². The second-order valence-corrected chi connectivity index (χ2v) is 6.57. The van der Waals surface area contributed by atoms with Gasteiger partial charge in [0.1, 0.15) is 11.9 Å². The molecule has 0 saturated heterocycles. The molecule has 1 amide bonds. The maximum Gasteiger partial charge on any atom is 0.228 e. The fourth-order valence-corrected chi connectivity index (χ4v) is 3.00. The van der Waals surface area contributed by atoms with Crippen molar-refractivity contribution in [1.82, 2.24) is 4.98 Å². The molecule has 1 aliphatic rings. The number of rotatable bonds is 5. The van der Waals surface area contributed by atoms with Crippen molar-refractivity contribution in [3.05, 3.63) is 53.9 Å². The third-order valence-electron chi connectivity index (χ3n) is 4.43. The predicted octanol–water partition coefficient (Wildman–Crippen LogP) is 3.25. The number of hydrogen-bond acceptors (Lipinski definition) is 4. The van der Waals surface area contributed by atoms with Gasteiger partial charge in [-0.05, 0) is 62.1 Å². The molecule has 1 aromatic heterocycles. The van der Waals surface area contributed by atoms with E-state index in [4.69, 9.17) is 4.74 Å². The number of aromatic nitrogens is 1. The number of aliphatic hydroxyl groups excluding tert-OH is 1. The highest BCUT2D eigenvalue weighted by atomic mass is 16.5. The lowest BCUT2D eigenvalue weighted by Gasteiger charge is -2.28. The Kier molecular flexibility index (Phi) is 5.66. The Hall–Kier alpha value is -2.40. The van der Waals surface area contributed by atoms with Gasteiger partial charge in [0.05, 0.1) is 12.5 Å². The molecule has 0 bridgehead atoms. The standard InChI is InChI=1S/C20H24N2O3/c1-14-6-7-15(13-21-14)12-20(24)22-16-8-10-17(11-9-16)25-19-5-3-2-4-18(19)23/h6-11,13,18-19,23H,2-5,12H2,1H3,(H,22,24)/t18-,19-/m0/s1. The summed E-state index contributed by atoms with van der Waals surface area (Å²) in [6, 6.07) is 11.1. The molecule has 0 unspecified atom stereocenters. The number of amides is 1. The molecule has 132 valence electrons. The zero-order valence-electron chi connectivity index (χ0n) is 14.4. The molecular weight excluding hydrogens is 316 g/mol. The van der Waals surface area contributed by atoms with Gasteiger partial charge < -0.3 is 15.2 Å². The van der Waals surface area contributed by atoms with Gasteiger partial charge in [-0.15, -0.1) is 0 Å². The molecule has 1 fully saturated rings. The van der Waals surface area contributed by atoms with Gasteiger partial charge in [0.25, 0.3) is 0 Å². The van der Waals surface area contributed by atoms with Crippen LogP contribution in [0.3, 0.4) is 0 Å². The maximum atomic E-state index is 12.1. The fraction of sp³-hybridized carbons (Fsp3) is 0.400. The summed E-state index contributed by atoms with van der Waals surface area (Å²) in [5, 5.41) is 12.8. The van der Waals surface area contributed by atoms with Gasteiger partial charge in [-0.1, -0.05) is 12.5 Å². The van der Waals surface area contributed by atoms with Crippen LogP contribution in [-0.2, 0) is 11.2 Å². The minimum absolute atomic E-state index is 0.0815. The molecule has 1 saturated carbocycles. The molecule has 3 rings (SSSR count). The molecule has 2 N–H and O–H groups in total. The monoisotopic (exact) mass is 340 g/mol. The lowest BCUT2D eigenvalue weighted by atomic mass is 9.95. The highest BCUT2D eigenvalue weighted by Gasteiger charge is 2.24. The SMILES string of the molecule is Cc1ccc(CC(=O)Nc2ccc(O[C@H]3CCCC[C@@H]3O)cc2)cn1. The van der Waals surface area contributed by atoms with Gasteiger partial charge >= 0.3 is 0 Å². The van der Waals surface area contributed by atoms with Crippen LogP contribution in [-0.4, -0.2) is 28.2 Å². The van der Waals surface area contributed by atoms with Crippen molar-refractivity contribution in [2.75, 3.05) is 5.32 Å². The number of nitrogens with zero attached hydrogens (tertiary/aromatic N) is 1. The number of benzene rings is 1. The van der Waals surface area contributed by atoms with Crippen LogP contribution in [0, 0.1) is 6.92 Å². The molecule has 1 aromatic carbocycles. The van der Waals surface area contributed by atoms with Gasteiger partial charge in [-0.25, -0.2) is 0 Å². The second-order valence-electron chi connectivity index (χ2n) is 6.57. The molecule has 0 radical (unpaired) electrons. The maximum absolute atomic E-state index is 12.1. The summed E-state index contributed by atoms with van der Waals surface area (Å²) in [5.41, 5.74) is 2.54. The average molecular weight is 340 g/mol. The van der Waals surface area contributed by atoms with E-state index in [1.54, 1.807) is 6.20 Å². The smallest absolute Gasteiger partial charge is 0.228 e. The lowest BCUT2D eigenvalue weighted by molar-refractivity contribution is -0.115. The van der Waals surface area contributed by atoms with E-state index in [2.05, 4.69) is 10.3 Å². The normalized spacial score (nSPS) is 20.1. The molecule has 25 heavy (non-hydrogen) atoms. The Morgan fingerprint density at radius 2 is 1.96 bits per heavy atom. The number of pyridine rings is 1. The first kappa shape index (κ1) is 17.4. The average Bonchev–Trinajstić information content (AvgIpc) is 2.61. The van der Waals surface area contributed by atoms with Crippen molar-refractivity contribution in [3.63, 3.8) is 0 Å². The number of anilines is 1. The Bertz CT molecular complexity index is 698. The summed E-state index contributed by atoms with van der Waals surface area (Å²) < 4.78 is 5.86. The van der Waals surface area contributed by atoms with Crippen molar-refractivity contribution < 1.29 is 14.6 Å². The molecule has 0 spiro atoms. The minimum Gasteiger partial charge on any atom is -0.488 e. The number of nitrogens with one attached hydrogen (secondary N) is 1. The van der Waals surface area contributed by atoms with E-state index in [1.807, 2.05) is 43.3 Å². The number of carbonyl (C=O) groups is 1. The van der Waals surface area contributed by atoms with Gasteiger partial charge in [0, 0.05) is 17.6 Å². The quantitative estimate of drug-likeness (QED) is 0.876. The molecule has 1 heterocycles. The Morgan fingerprint density at radius 3 is 2.64 bits per heavy atom. The van der Waals surface area contributed by atoms with E-state index in [-0.39, 0.29) is 12.0 Å². The van der Waals surface area contributed by atoms with Crippen LogP contribution in [0.4, 0.5) is 5.69 Å². The van der Waals surface area contributed by atoms with Crippen LogP contribution < -0.4 is 10.1 Å². The fourth-order valence-electron chi connectivity index (χ4n) is 3.00. The summed E-state index contributed by atoms with van der Waals surface area (Å²) in [6.45, 7) is 1.92. The van der Waals surface area contributed by atoms with E-state index in [0.29, 0.717) is 12.2 Å². The molecule has 1 aliphatic carbocycles. The van der Waals surface area contributed by atoms with Crippen molar-refractivity contribution >= 4 is 11.6 Å². The first-order valence-electron chi connectivity index (χ1n) is 8.76. The summed E-state index contributed by atoms with van der Waals surface area (Å²) in [5.74, 6) is 0.633.